The molecule has 84 heavy (non-hydrogen) atoms. The number of aromatic hydroxyl groups is 1. The van der Waals surface area contributed by atoms with E-state index >= 15 is 0 Å². The first-order valence-electron chi connectivity index (χ1n) is 30.8. The van der Waals surface area contributed by atoms with Crippen LogP contribution in [0.2, 0.25) is 0 Å². The van der Waals surface area contributed by atoms with Gasteiger partial charge in [0.05, 0.1) is 22.7 Å². The molecule has 4 nitrogen and oxygen atoms in total. The lowest BCUT2D eigenvalue weighted by atomic mass is 9.77. The number of hydrogen-bond acceptors (Lipinski definition) is 4. The van der Waals surface area contributed by atoms with Crippen molar-refractivity contribution in [2.75, 3.05) is 9.80 Å². The van der Waals surface area contributed by atoms with Crippen molar-refractivity contribution < 1.29 is 9.52 Å². The second-order valence-electron chi connectivity index (χ2n) is 24.4. The van der Waals surface area contributed by atoms with Crippen LogP contribution in [0.15, 0.2) is 217 Å². The lowest BCUT2D eigenvalue weighted by molar-refractivity contribution is 0.445. The van der Waals surface area contributed by atoms with Crippen LogP contribution < -0.4 is 9.80 Å². The van der Waals surface area contributed by atoms with Gasteiger partial charge in [-0.15, -0.1) is 0 Å². The van der Waals surface area contributed by atoms with E-state index in [1.54, 1.807) is 0 Å². The molecule has 15 rings (SSSR count). The number of para-hydroxylation sites is 3. The van der Waals surface area contributed by atoms with Crippen molar-refractivity contribution in [1.29, 1.82) is 0 Å². The van der Waals surface area contributed by atoms with Gasteiger partial charge in [0.25, 0.3) is 0 Å². The third-order valence-corrected chi connectivity index (χ3v) is 19.1. The van der Waals surface area contributed by atoms with Crippen molar-refractivity contribution in [3.63, 3.8) is 0 Å². The van der Waals surface area contributed by atoms with Crippen molar-refractivity contribution in [3.05, 3.63) is 246 Å². The van der Waals surface area contributed by atoms with Crippen molar-refractivity contribution in [2.45, 2.75) is 104 Å². The summed E-state index contributed by atoms with van der Waals surface area (Å²) in [5.74, 6) is 1.06. The summed E-state index contributed by atoms with van der Waals surface area (Å²) in [5.41, 5.74) is 21.9. The molecule has 1 N–H and O–H groups in total. The summed E-state index contributed by atoms with van der Waals surface area (Å²) in [7, 11) is 0. The second kappa shape index (κ2) is 21.3. The van der Waals surface area contributed by atoms with Gasteiger partial charge in [0.1, 0.15) is 11.3 Å². The lowest BCUT2D eigenvalue weighted by Crippen LogP contribution is -2.15. The molecule has 1 aromatic heterocycles. The summed E-state index contributed by atoms with van der Waals surface area (Å²) in [5, 5.41) is 23.0. The Morgan fingerprint density at radius 1 is 0.345 bits per heavy atom. The molecule has 0 atom stereocenters. The van der Waals surface area contributed by atoms with E-state index in [0.29, 0.717) is 11.8 Å². The maximum atomic E-state index is 13.1. The molecule has 13 aromatic rings. The summed E-state index contributed by atoms with van der Waals surface area (Å²) in [6, 6.07) is 78.4. The van der Waals surface area contributed by atoms with Crippen LogP contribution >= 0.6 is 0 Å². The minimum absolute atomic E-state index is 0.256. The Morgan fingerprint density at radius 3 is 1.36 bits per heavy atom. The first-order valence-corrected chi connectivity index (χ1v) is 30.8. The average molecular weight is 1090 g/mol. The molecule has 12 aromatic carbocycles. The van der Waals surface area contributed by atoms with Gasteiger partial charge in [-0.05, 0) is 186 Å². The standard InChI is InChI=1S/C80H70N2O2/c1-50-35-39-58(40-36-50)81(72-33-17-29-62(78(72)83)57-26-15-25-56(47-57)60-27-13-11-19-52(60)3)74-48-70(54-21-7-5-8-22-54)63-44-46-69-75(49-71(55-23-9-6-10-24-55)64-43-45-68(74)76(63)77(64)69)82(59-41-37-51(2)38-42-59)73-34-18-32-67-66-31-16-30-65(79(66)84-80(67)73)61-28-14-12-20-53(61)4/h11-20,25-49,54-55,83H,5-10,21-24H2,1-4H3. The molecule has 2 aliphatic carbocycles. The number of phenolic OH excluding ortho intramolecular Hbond substituents is 1. The fraction of sp³-hybridized carbons (Fsp3) is 0.200. The topological polar surface area (TPSA) is 39.9 Å². The minimum Gasteiger partial charge on any atom is -0.505 e. The number of benzene rings is 12. The Hall–Kier alpha value is -9.12. The smallest absolute Gasteiger partial charge is 0.159 e. The highest BCUT2D eigenvalue weighted by Crippen LogP contribution is 2.55. The van der Waals surface area contributed by atoms with E-state index in [1.165, 1.54) is 115 Å². The van der Waals surface area contributed by atoms with Gasteiger partial charge in [-0.3, -0.25) is 0 Å². The number of phenols is 1. The molecule has 0 spiro atoms. The monoisotopic (exact) mass is 1090 g/mol. The molecule has 0 radical (unpaired) electrons. The molecule has 1 heterocycles. The summed E-state index contributed by atoms with van der Waals surface area (Å²) in [6.45, 7) is 8.69. The van der Waals surface area contributed by atoms with Gasteiger partial charge in [-0.1, -0.05) is 207 Å². The number of nitrogens with zero attached hydrogens (tertiary/aromatic N) is 2. The van der Waals surface area contributed by atoms with Crippen molar-refractivity contribution in [1.82, 2.24) is 0 Å². The Kier molecular flexibility index (Phi) is 13.1. The van der Waals surface area contributed by atoms with Crippen LogP contribution in [0.1, 0.15) is 109 Å². The lowest BCUT2D eigenvalue weighted by Gasteiger charge is -2.33. The largest absolute Gasteiger partial charge is 0.505 e. The van der Waals surface area contributed by atoms with Gasteiger partial charge in [0.15, 0.2) is 5.58 Å². The van der Waals surface area contributed by atoms with Gasteiger partial charge >= 0.3 is 0 Å². The first-order chi connectivity index (χ1) is 41.3. The van der Waals surface area contributed by atoms with Crippen LogP contribution in [0, 0.1) is 27.7 Å². The summed E-state index contributed by atoms with van der Waals surface area (Å²) in [6.07, 6.45) is 12.1. The molecule has 2 aliphatic rings. The van der Waals surface area contributed by atoms with Crippen molar-refractivity contribution in [3.8, 4) is 39.1 Å². The molecule has 0 bridgehead atoms. The maximum Gasteiger partial charge on any atom is 0.159 e. The zero-order valence-electron chi connectivity index (χ0n) is 48.7. The van der Waals surface area contributed by atoms with Crippen LogP contribution in [-0.2, 0) is 0 Å². The van der Waals surface area contributed by atoms with Crippen LogP contribution in [-0.4, -0.2) is 5.11 Å². The SMILES string of the molecule is Cc1ccc(N(c2cccc(-c3cccc(-c4ccccc4C)c3)c2O)c2cc(C3CCCCC3)c3ccc4c(N(c5ccc(C)cc5)c5cccc6c5oc5c(-c7ccccc7C)cccc56)cc(C5CCCCC5)c5ccc2c3c54)cc1. The summed E-state index contributed by atoms with van der Waals surface area (Å²) in [4.78, 5) is 4.89. The Labute approximate surface area is 493 Å². The minimum atomic E-state index is 0.256. The van der Waals surface area contributed by atoms with E-state index in [4.69, 9.17) is 4.42 Å². The van der Waals surface area contributed by atoms with Gasteiger partial charge in [-0.2, -0.15) is 0 Å². The molecule has 2 fully saturated rings. The van der Waals surface area contributed by atoms with E-state index in [0.717, 1.165) is 104 Å². The number of rotatable bonds is 11. The summed E-state index contributed by atoms with van der Waals surface area (Å²) < 4.78 is 7.37. The number of anilines is 6. The molecule has 0 amide bonds. The van der Waals surface area contributed by atoms with Gasteiger partial charge in [-0.25, -0.2) is 0 Å². The van der Waals surface area contributed by atoms with Gasteiger partial charge in [0, 0.05) is 44.0 Å². The quantitative estimate of drug-likeness (QED) is 0.131. The predicted octanol–water partition coefficient (Wildman–Crippen LogP) is 23.5. The normalized spacial score (nSPS) is 14.4. The fourth-order valence-corrected chi connectivity index (χ4v) is 14.8. The van der Waals surface area contributed by atoms with E-state index < -0.39 is 0 Å². The van der Waals surface area contributed by atoms with Gasteiger partial charge in [0.2, 0.25) is 0 Å². The second-order valence-corrected chi connectivity index (χ2v) is 24.4. The maximum absolute atomic E-state index is 13.1. The zero-order chi connectivity index (χ0) is 56.6. The highest BCUT2D eigenvalue weighted by molar-refractivity contribution is 6.30. The molecular formula is C80H70N2O2. The summed E-state index contributed by atoms with van der Waals surface area (Å²) >= 11 is 0. The molecule has 2 saturated carbocycles. The molecule has 0 unspecified atom stereocenters. The van der Waals surface area contributed by atoms with E-state index in [-0.39, 0.29) is 5.75 Å². The number of furan rings is 1. The number of aryl methyl sites for hydroxylation is 4. The van der Waals surface area contributed by atoms with E-state index in [9.17, 15) is 5.11 Å². The van der Waals surface area contributed by atoms with Crippen LogP contribution in [0.25, 0.3) is 87.6 Å². The Morgan fingerprint density at radius 2 is 0.786 bits per heavy atom. The molecule has 0 aliphatic heterocycles. The first kappa shape index (κ1) is 51.7. The van der Waals surface area contributed by atoms with Crippen molar-refractivity contribution >= 4 is 88.4 Å². The number of hydrogen-bond donors (Lipinski definition) is 1. The predicted molar refractivity (Wildman–Crippen MR) is 355 cm³/mol. The molecular weight excluding hydrogens is 1020 g/mol. The van der Waals surface area contributed by atoms with Crippen LogP contribution in [0.5, 0.6) is 5.75 Å². The average Bonchev–Trinajstić information content (AvgIpc) is 1.03. The van der Waals surface area contributed by atoms with Crippen molar-refractivity contribution in [2.24, 2.45) is 0 Å². The molecule has 4 heteroatoms. The van der Waals surface area contributed by atoms with E-state index in [1.807, 2.05) is 0 Å². The Bertz CT molecular complexity index is 4630. The van der Waals surface area contributed by atoms with Crippen LogP contribution in [0.3, 0.4) is 0 Å². The highest BCUT2D eigenvalue weighted by Gasteiger charge is 2.31. The van der Waals surface area contributed by atoms with E-state index in [2.05, 4.69) is 250 Å². The molecule has 412 valence electrons. The highest BCUT2D eigenvalue weighted by atomic mass is 16.3. The van der Waals surface area contributed by atoms with Gasteiger partial charge < -0.3 is 19.3 Å². The third-order valence-electron chi connectivity index (χ3n) is 19.1. The fourth-order valence-electron chi connectivity index (χ4n) is 14.8. The Balaban J connectivity index is 1.02. The third kappa shape index (κ3) is 8.80. The zero-order valence-corrected chi connectivity index (χ0v) is 48.7. The van der Waals surface area contributed by atoms with Crippen LogP contribution in [0.4, 0.5) is 34.1 Å². The number of fused-ring (bicyclic) bond motifs is 3. The molecule has 0 saturated heterocycles.